The highest BCUT2D eigenvalue weighted by atomic mass is 16.5. The Hall–Kier alpha value is -2.34. The summed E-state index contributed by atoms with van der Waals surface area (Å²) < 4.78 is 5.10. The van der Waals surface area contributed by atoms with Crippen molar-refractivity contribution in [3.8, 4) is 5.75 Å². The first kappa shape index (κ1) is 16.0. The summed E-state index contributed by atoms with van der Waals surface area (Å²) in [4.78, 5) is 22.3. The molecule has 3 atom stereocenters. The van der Waals surface area contributed by atoms with E-state index in [1.165, 1.54) is 0 Å². The predicted molar refractivity (Wildman–Crippen MR) is 80.7 cm³/mol. The third-order valence-corrected chi connectivity index (χ3v) is 4.09. The average molecular weight is 305 g/mol. The Morgan fingerprint density at radius 3 is 2.45 bits per heavy atom. The summed E-state index contributed by atoms with van der Waals surface area (Å²) in [5, 5.41) is 21.2. The van der Waals surface area contributed by atoms with E-state index in [-0.39, 0.29) is 12.3 Å². The summed E-state index contributed by atoms with van der Waals surface area (Å²) >= 11 is 0. The number of methoxy groups -OCH3 is 1. The molecule has 1 saturated heterocycles. The van der Waals surface area contributed by atoms with Crippen LogP contribution in [0, 0.1) is 11.8 Å². The highest BCUT2D eigenvalue weighted by Gasteiger charge is 2.42. The minimum atomic E-state index is -1.03. The van der Waals surface area contributed by atoms with Crippen LogP contribution in [0.2, 0.25) is 0 Å². The van der Waals surface area contributed by atoms with Gasteiger partial charge in [0.1, 0.15) is 11.8 Å². The first-order valence-electron chi connectivity index (χ1n) is 6.95. The van der Waals surface area contributed by atoms with Gasteiger partial charge in [0.2, 0.25) is 0 Å². The first-order valence-corrected chi connectivity index (χ1v) is 6.95. The molecule has 6 nitrogen and oxygen atoms in total. The van der Waals surface area contributed by atoms with Crippen molar-refractivity contribution < 1.29 is 24.5 Å². The van der Waals surface area contributed by atoms with Crippen LogP contribution in [0.3, 0.4) is 0 Å². The number of rotatable bonds is 6. The zero-order valence-electron chi connectivity index (χ0n) is 12.3. The molecule has 22 heavy (non-hydrogen) atoms. The second-order valence-electron chi connectivity index (χ2n) is 5.35. The molecule has 1 aliphatic rings. The molecule has 2 rings (SSSR count). The Morgan fingerprint density at radius 2 is 1.95 bits per heavy atom. The van der Waals surface area contributed by atoms with E-state index in [0.717, 1.165) is 11.1 Å². The van der Waals surface area contributed by atoms with Gasteiger partial charge in [-0.05, 0) is 23.3 Å². The van der Waals surface area contributed by atoms with Crippen LogP contribution < -0.4 is 10.1 Å². The number of ether oxygens (including phenoxy) is 1. The maximum absolute atomic E-state index is 11.3. The van der Waals surface area contributed by atoms with E-state index in [1.807, 2.05) is 12.1 Å². The maximum atomic E-state index is 11.3. The van der Waals surface area contributed by atoms with Crippen molar-refractivity contribution in [2.75, 3.05) is 13.7 Å². The molecule has 0 spiro atoms. The van der Waals surface area contributed by atoms with Crippen molar-refractivity contribution in [3.05, 3.63) is 36.4 Å². The summed E-state index contributed by atoms with van der Waals surface area (Å²) in [7, 11) is 1.57. The van der Waals surface area contributed by atoms with Crippen LogP contribution >= 0.6 is 0 Å². The lowest BCUT2D eigenvalue weighted by atomic mass is 9.81. The normalized spacial score (nSPS) is 24.0. The number of carboxylic acid groups (broad SMARTS) is 2. The van der Waals surface area contributed by atoms with Gasteiger partial charge in [-0.3, -0.25) is 9.59 Å². The van der Waals surface area contributed by atoms with Gasteiger partial charge in [-0.2, -0.15) is 0 Å². The first-order chi connectivity index (χ1) is 10.4. The van der Waals surface area contributed by atoms with Crippen LogP contribution in [0.25, 0.3) is 5.57 Å². The number of nitrogens with one attached hydrogen (secondary N) is 1. The summed E-state index contributed by atoms with van der Waals surface area (Å²) in [6, 6.07) is 6.41. The van der Waals surface area contributed by atoms with Gasteiger partial charge in [-0.1, -0.05) is 18.7 Å². The number of benzene rings is 1. The van der Waals surface area contributed by atoms with Crippen molar-refractivity contribution in [2.45, 2.75) is 12.5 Å². The van der Waals surface area contributed by atoms with Crippen molar-refractivity contribution >= 4 is 17.5 Å². The fourth-order valence-electron chi connectivity index (χ4n) is 2.92. The van der Waals surface area contributed by atoms with Gasteiger partial charge < -0.3 is 20.3 Å². The maximum Gasteiger partial charge on any atom is 0.321 e. The Balaban J connectivity index is 2.22. The predicted octanol–water partition coefficient (Wildman–Crippen LogP) is 1.47. The second kappa shape index (κ2) is 6.62. The fraction of sp³-hybridized carbons (Fsp3) is 0.375. The Morgan fingerprint density at radius 1 is 1.32 bits per heavy atom. The lowest BCUT2D eigenvalue weighted by molar-refractivity contribution is -0.142. The minimum absolute atomic E-state index is 0.205. The third-order valence-electron chi connectivity index (χ3n) is 4.09. The van der Waals surface area contributed by atoms with Crippen molar-refractivity contribution in [2.24, 2.45) is 11.8 Å². The Kier molecular flexibility index (Phi) is 4.82. The van der Waals surface area contributed by atoms with Crippen molar-refractivity contribution in [1.29, 1.82) is 0 Å². The molecule has 118 valence electrons. The lowest BCUT2D eigenvalue weighted by Gasteiger charge is -2.22. The van der Waals surface area contributed by atoms with Crippen molar-refractivity contribution in [1.82, 2.24) is 5.32 Å². The van der Waals surface area contributed by atoms with Gasteiger partial charge in [-0.25, -0.2) is 0 Å². The van der Waals surface area contributed by atoms with E-state index in [2.05, 4.69) is 11.9 Å². The van der Waals surface area contributed by atoms with E-state index in [4.69, 9.17) is 9.84 Å². The molecule has 0 radical (unpaired) electrons. The summed E-state index contributed by atoms with van der Waals surface area (Å²) in [5.41, 5.74) is 1.60. The number of hydrogen-bond acceptors (Lipinski definition) is 4. The Bertz CT molecular complexity index is 581. The highest BCUT2D eigenvalue weighted by molar-refractivity contribution is 5.78. The molecule has 6 heteroatoms. The van der Waals surface area contributed by atoms with Gasteiger partial charge in [0.05, 0.1) is 13.5 Å². The largest absolute Gasteiger partial charge is 0.497 e. The summed E-state index contributed by atoms with van der Waals surface area (Å²) in [6.45, 7) is 4.45. The molecule has 1 fully saturated rings. The molecule has 0 bridgehead atoms. The van der Waals surface area contributed by atoms with Gasteiger partial charge in [0.25, 0.3) is 0 Å². The van der Waals surface area contributed by atoms with Crippen LogP contribution in [0.15, 0.2) is 30.8 Å². The zero-order chi connectivity index (χ0) is 16.3. The van der Waals surface area contributed by atoms with Gasteiger partial charge >= 0.3 is 11.9 Å². The SMILES string of the molecule is C=C(c1ccc(OC)cc1)[C@@H]1CN[C@@H](C(=O)O)[C@@H]1CC(=O)O. The minimum Gasteiger partial charge on any atom is -0.497 e. The molecule has 1 aromatic carbocycles. The topological polar surface area (TPSA) is 95.9 Å². The molecule has 0 aromatic heterocycles. The molecule has 0 aliphatic carbocycles. The van der Waals surface area contributed by atoms with E-state index in [9.17, 15) is 14.7 Å². The molecule has 1 heterocycles. The van der Waals surface area contributed by atoms with Crippen molar-refractivity contribution in [3.63, 3.8) is 0 Å². The monoisotopic (exact) mass is 305 g/mol. The lowest BCUT2D eigenvalue weighted by Crippen LogP contribution is -2.36. The number of carboxylic acids is 2. The molecule has 0 unspecified atom stereocenters. The van der Waals surface area contributed by atoms with Crippen LogP contribution in [-0.4, -0.2) is 41.8 Å². The molecule has 1 aromatic rings. The molecular weight excluding hydrogens is 286 g/mol. The van der Waals surface area contributed by atoms with Gasteiger partial charge in [-0.15, -0.1) is 0 Å². The third kappa shape index (κ3) is 3.28. The average Bonchev–Trinajstić information content (AvgIpc) is 2.89. The van der Waals surface area contributed by atoms with Gasteiger partial charge in [0, 0.05) is 18.4 Å². The zero-order valence-corrected chi connectivity index (χ0v) is 12.3. The van der Waals surface area contributed by atoms with Crippen LogP contribution in [0.4, 0.5) is 0 Å². The summed E-state index contributed by atoms with van der Waals surface area (Å²) in [5.74, 6) is -2.08. The van der Waals surface area contributed by atoms with E-state index < -0.39 is 23.9 Å². The van der Waals surface area contributed by atoms with Crippen LogP contribution in [0.5, 0.6) is 5.75 Å². The summed E-state index contributed by atoms with van der Waals surface area (Å²) in [6.07, 6.45) is -0.205. The highest BCUT2D eigenvalue weighted by Crippen LogP contribution is 2.36. The van der Waals surface area contributed by atoms with E-state index in [1.54, 1.807) is 19.2 Å². The van der Waals surface area contributed by atoms with Crippen LogP contribution in [0.1, 0.15) is 12.0 Å². The molecule has 0 saturated carbocycles. The fourth-order valence-corrected chi connectivity index (χ4v) is 2.92. The number of aliphatic carboxylic acids is 2. The van der Waals surface area contributed by atoms with Crippen LogP contribution in [-0.2, 0) is 9.59 Å². The van der Waals surface area contributed by atoms with E-state index in [0.29, 0.717) is 12.3 Å². The molecule has 1 aliphatic heterocycles. The second-order valence-corrected chi connectivity index (χ2v) is 5.35. The quantitative estimate of drug-likeness (QED) is 0.736. The standard InChI is InChI=1S/C16H19NO5/c1-9(10-3-5-11(22-2)6-4-10)13-8-17-15(16(20)21)12(13)7-14(18)19/h3-6,12-13,15,17H,1,7-8H2,2H3,(H,18,19)(H,20,21)/t12-,13+,15-/m1/s1. The number of carbonyl (C=O) groups is 2. The molecule has 3 N–H and O–H groups in total. The molecule has 0 amide bonds. The molecular formula is C16H19NO5. The number of hydrogen-bond donors (Lipinski definition) is 3. The van der Waals surface area contributed by atoms with E-state index >= 15 is 0 Å². The van der Waals surface area contributed by atoms with Gasteiger partial charge in [0.15, 0.2) is 0 Å². The Labute approximate surface area is 128 Å². The smallest absolute Gasteiger partial charge is 0.321 e.